The van der Waals surface area contributed by atoms with E-state index in [-0.39, 0.29) is 18.2 Å². The lowest BCUT2D eigenvalue weighted by Gasteiger charge is -2.17. The molecule has 0 fully saturated rings. The molecule has 0 aliphatic rings. The van der Waals surface area contributed by atoms with Gasteiger partial charge in [-0.15, -0.1) is 0 Å². The number of aromatic nitrogens is 1. The molecular formula is C18H18F3N3O4. The number of rotatable bonds is 6. The van der Waals surface area contributed by atoms with Crippen LogP contribution in [0.2, 0.25) is 0 Å². The molecule has 0 saturated carbocycles. The Balaban J connectivity index is 2.00. The van der Waals surface area contributed by atoms with Gasteiger partial charge < -0.3 is 20.5 Å². The van der Waals surface area contributed by atoms with Gasteiger partial charge in [-0.05, 0) is 30.7 Å². The van der Waals surface area contributed by atoms with E-state index >= 15 is 0 Å². The molecule has 0 aliphatic heterocycles. The van der Waals surface area contributed by atoms with Crippen molar-refractivity contribution in [1.82, 2.24) is 10.3 Å². The monoisotopic (exact) mass is 397 g/mol. The predicted octanol–water partition coefficient (Wildman–Crippen LogP) is 2.29. The van der Waals surface area contributed by atoms with E-state index in [1.807, 2.05) is 0 Å². The van der Waals surface area contributed by atoms with Crippen molar-refractivity contribution in [3.8, 4) is 5.88 Å². The first-order chi connectivity index (χ1) is 13.2. The van der Waals surface area contributed by atoms with Crippen LogP contribution in [0.4, 0.5) is 18.9 Å². The summed E-state index contributed by atoms with van der Waals surface area (Å²) in [7, 11) is 0. The molecule has 1 unspecified atom stereocenters. The number of aliphatic hydroxyl groups excluding tert-OH is 1. The van der Waals surface area contributed by atoms with Crippen LogP contribution in [0.1, 0.15) is 24.2 Å². The SMILES string of the molecule is CCOc1ncccc1NC(=O)C(=O)NCC(O)c1ccccc1C(F)(F)F. The Morgan fingerprint density at radius 1 is 1.18 bits per heavy atom. The molecular weight excluding hydrogens is 379 g/mol. The molecule has 3 N–H and O–H groups in total. The minimum absolute atomic E-state index is 0.116. The number of ether oxygens (including phenoxy) is 1. The zero-order valence-corrected chi connectivity index (χ0v) is 14.8. The van der Waals surface area contributed by atoms with Crippen molar-refractivity contribution in [1.29, 1.82) is 0 Å². The number of hydrogen-bond acceptors (Lipinski definition) is 5. The smallest absolute Gasteiger partial charge is 0.416 e. The minimum atomic E-state index is -4.66. The van der Waals surface area contributed by atoms with Gasteiger partial charge in [0.15, 0.2) is 0 Å². The Bertz CT molecular complexity index is 843. The maximum Gasteiger partial charge on any atom is 0.416 e. The van der Waals surface area contributed by atoms with E-state index in [9.17, 15) is 27.9 Å². The van der Waals surface area contributed by atoms with Crippen LogP contribution in [0.5, 0.6) is 5.88 Å². The first kappa shape index (κ1) is 21.2. The van der Waals surface area contributed by atoms with Gasteiger partial charge in [0.2, 0.25) is 5.88 Å². The van der Waals surface area contributed by atoms with Crippen LogP contribution in [-0.4, -0.2) is 35.1 Å². The minimum Gasteiger partial charge on any atom is -0.476 e. The quantitative estimate of drug-likeness (QED) is 0.650. The van der Waals surface area contributed by atoms with Crippen molar-refractivity contribution in [2.24, 2.45) is 0 Å². The lowest BCUT2D eigenvalue weighted by atomic mass is 10.0. The normalized spacial score (nSPS) is 12.2. The number of halogens is 3. The highest BCUT2D eigenvalue weighted by molar-refractivity contribution is 6.39. The molecule has 0 bridgehead atoms. The summed E-state index contributed by atoms with van der Waals surface area (Å²) >= 11 is 0. The molecule has 1 heterocycles. The zero-order chi connectivity index (χ0) is 20.7. The van der Waals surface area contributed by atoms with Crippen molar-refractivity contribution in [3.05, 3.63) is 53.7 Å². The van der Waals surface area contributed by atoms with Gasteiger partial charge in [0.25, 0.3) is 0 Å². The number of anilines is 1. The van der Waals surface area contributed by atoms with Gasteiger partial charge in [-0.3, -0.25) is 9.59 Å². The number of carbonyl (C=O) groups excluding carboxylic acids is 2. The summed E-state index contributed by atoms with van der Waals surface area (Å²) < 4.78 is 44.2. The standard InChI is InChI=1S/C18H18F3N3O4/c1-2-28-17-13(8-5-9-22-17)24-16(27)15(26)23-10-14(25)11-6-3-4-7-12(11)18(19,20)21/h3-9,14,25H,2,10H2,1H3,(H,23,26)(H,24,27). The van der Waals surface area contributed by atoms with Gasteiger partial charge >= 0.3 is 18.0 Å². The fourth-order valence-electron chi connectivity index (χ4n) is 2.34. The summed E-state index contributed by atoms with van der Waals surface area (Å²) in [6, 6.07) is 7.44. The Morgan fingerprint density at radius 3 is 2.57 bits per heavy atom. The molecule has 10 heteroatoms. The Morgan fingerprint density at radius 2 is 1.89 bits per heavy atom. The first-order valence-electron chi connectivity index (χ1n) is 8.25. The summed E-state index contributed by atoms with van der Waals surface area (Å²) in [6.45, 7) is 1.43. The fraction of sp³-hybridized carbons (Fsp3) is 0.278. The molecule has 0 aliphatic carbocycles. The summed E-state index contributed by atoms with van der Waals surface area (Å²) in [5.41, 5.74) is -1.26. The molecule has 0 radical (unpaired) electrons. The number of aliphatic hydroxyl groups is 1. The largest absolute Gasteiger partial charge is 0.476 e. The van der Waals surface area contributed by atoms with E-state index in [1.165, 1.54) is 30.5 Å². The highest BCUT2D eigenvalue weighted by Crippen LogP contribution is 2.34. The molecule has 2 rings (SSSR count). The Hall–Kier alpha value is -3.14. The molecule has 0 saturated heterocycles. The van der Waals surface area contributed by atoms with E-state index in [0.717, 1.165) is 12.1 Å². The number of amides is 2. The van der Waals surface area contributed by atoms with Gasteiger partial charge in [0, 0.05) is 12.7 Å². The number of carbonyl (C=O) groups is 2. The van der Waals surface area contributed by atoms with Crippen LogP contribution in [-0.2, 0) is 15.8 Å². The zero-order valence-electron chi connectivity index (χ0n) is 14.8. The second-order valence-corrected chi connectivity index (χ2v) is 5.55. The summed E-state index contributed by atoms with van der Waals surface area (Å²) in [5.74, 6) is -2.09. The van der Waals surface area contributed by atoms with Gasteiger partial charge in [0.05, 0.1) is 18.3 Å². The van der Waals surface area contributed by atoms with E-state index in [2.05, 4.69) is 15.6 Å². The molecule has 28 heavy (non-hydrogen) atoms. The second kappa shape index (κ2) is 9.18. The maximum absolute atomic E-state index is 13.0. The van der Waals surface area contributed by atoms with Crippen molar-refractivity contribution < 1.29 is 32.6 Å². The van der Waals surface area contributed by atoms with Crippen LogP contribution in [0.25, 0.3) is 0 Å². The first-order valence-corrected chi connectivity index (χ1v) is 8.25. The Labute approximate surface area is 158 Å². The van der Waals surface area contributed by atoms with E-state index in [4.69, 9.17) is 4.74 Å². The third kappa shape index (κ3) is 5.43. The molecule has 1 aromatic carbocycles. The third-order valence-electron chi connectivity index (χ3n) is 3.59. The van der Waals surface area contributed by atoms with Crippen molar-refractivity contribution in [3.63, 3.8) is 0 Å². The molecule has 0 spiro atoms. The van der Waals surface area contributed by atoms with Crippen LogP contribution in [0.15, 0.2) is 42.6 Å². The van der Waals surface area contributed by atoms with Gasteiger partial charge in [-0.25, -0.2) is 4.98 Å². The van der Waals surface area contributed by atoms with E-state index in [0.29, 0.717) is 0 Å². The van der Waals surface area contributed by atoms with Crippen molar-refractivity contribution in [2.45, 2.75) is 19.2 Å². The second-order valence-electron chi connectivity index (χ2n) is 5.55. The molecule has 1 atom stereocenters. The number of hydrogen-bond donors (Lipinski definition) is 3. The molecule has 1 aromatic heterocycles. The Kier molecular flexibility index (Phi) is 6.94. The average Bonchev–Trinajstić information content (AvgIpc) is 2.66. The summed E-state index contributed by atoms with van der Waals surface area (Å²) in [4.78, 5) is 27.8. The van der Waals surface area contributed by atoms with Gasteiger partial charge in [0.1, 0.15) is 5.69 Å². The molecule has 2 amide bonds. The average molecular weight is 397 g/mol. The van der Waals surface area contributed by atoms with Crippen LogP contribution >= 0.6 is 0 Å². The van der Waals surface area contributed by atoms with Crippen LogP contribution < -0.4 is 15.4 Å². The van der Waals surface area contributed by atoms with Gasteiger partial charge in [-0.1, -0.05) is 18.2 Å². The molecule has 7 nitrogen and oxygen atoms in total. The van der Waals surface area contributed by atoms with Crippen molar-refractivity contribution in [2.75, 3.05) is 18.5 Å². The number of pyridine rings is 1. The lowest BCUT2D eigenvalue weighted by molar-refractivity contribution is -0.139. The number of benzene rings is 1. The van der Waals surface area contributed by atoms with E-state index < -0.39 is 41.8 Å². The van der Waals surface area contributed by atoms with Crippen molar-refractivity contribution >= 4 is 17.5 Å². The fourth-order valence-corrected chi connectivity index (χ4v) is 2.34. The number of nitrogens with zero attached hydrogens (tertiary/aromatic N) is 1. The van der Waals surface area contributed by atoms with E-state index in [1.54, 1.807) is 6.92 Å². The molecule has 150 valence electrons. The predicted molar refractivity (Wildman–Crippen MR) is 93.4 cm³/mol. The molecule has 2 aromatic rings. The highest BCUT2D eigenvalue weighted by atomic mass is 19.4. The highest BCUT2D eigenvalue weighted by Gasteiger charge is 2.34. The summed E-state index contributed by atoms with van der Waals surface area (Å²) in [6.07, 6.45) is -4.86. The maximum atomic E-state index is 13.0. The van der Waals surface area contributed by atoms with Gasteiger partial charge in [-0.2, -0.15) is 13.2 Å². The summed E-state index contributed by atoms with van der Waals surface area (Å²) in [5, 5.41) is 14.4. The lowest BCUT2D eigenvalue weighted by Crippen LogP contribution is -2.38. The number of nitrogens with one attached hydrogen (secondary N) is 2. The van der Waals surface area contributed by atoms with Crippen LogP contribution in [0, 0.1) is 0 Å². The third-order valence-corrected chi connectivity index (χ3v) is 3.59. The topological polar surface area (TPSA) is 101 Å². The van der Waals surface area contributed by atoms with Crippen LogP contribution in [0.3, 0.4) is 0 Å². The number of alkyl halides is 3.